The Morgan fingerprint density at radius 1 is 1.29 bits per heavy atom. The quantitative estimate of drug-likeness (QED) is 0.846. The smallest absolute Gasteiger partial charge is 0.251 e. The number of fused-ring (bicyclic) bond motifs is 1. The van der Waals surface area contributed by atoms with Gasteiger partial charge in [-0.05, 0) is 42.2 Å². The minimum atomic E-state index is -0.677. The number of aliphatic hydroxyl groups is 1. The van der Waals surface area contributed by atoms with Crippen LogP contribution < -0.4 is 5.32 Å². The fourth-order valence-electron chi connectivity index (χ4n) is 2.99. The maximum absolute atomic E-state index is 12.2. The molecule has 108 valence electrons. The summed E-state index contributed by atoms with van der Waals surface area (Å²) in [6.45, 7) is 3.64. The molecule has 0 bridgehead atoms. The Bertz CT molecular complexity index is 686. The maximum atomic E-state index is 12.2. The van der Waals surface area contributed by atoms with Gasteiger partial charge in [-0.3, -0.25) is 4.79 Å². The first-order chi connectivity index (χ1) is 10.1. The van der Waals surface area contributed by atoms with Gasteiger partial charge in [0.15, 0.2) is 0 Å². The Morgan fingerprint density at radius 2 is 2.00 bits per heavy atom. The molecule has 1 saturated carbocycles. The molecule has 1 aliphatic rings. The summed E-state index contributed by atoms with van der Waals surface area (Å²) in [5, 5.41) is 15.2. The molecule has 0 unspecified atom stereocenters. The summed E-state index contributed by atoms with van der Waals surface area (Å²) >= 11 is 0. The van der Waals surface area contributed by atoms with Gasteiger partial charge in [0.2, 0.25) is 0 Å². The van der Waals surface area contributed by atoms with E-state index in [9.17, 15) is 9.90 Å². The van der Waals surface area contributed by atoms with Crippen molar-refractivity contribution in [1.82, 2.24) is 5.32 Å². The van der Waals surface area contributed by atoms with Gasteiger partial charge in [-0.15, -0.1) is 6.58 Å². The van der Waals surface area contributed by atoms with E-state index in [0.717, 1.165) is 10.8 Å². The molecule has 0 aliphatic heterocycles. The van der Waals surface area contributed by atoms with Crippen molar-refractivity contribution in [3.63, 3.8) is 0 Å². The van der Waals surface area contributed by atoms with Crippen molar-refractivity contribution in [1.29, 1.82) is 0 Å². The third kappa shape index (κ3) is 2.83. The van der Waals surface area contributed by atoms with Crippen LogP contribution in [0, 0.1) is 0 Å². The summed E-state index contributed by atoms with van der Waals surface area (Å²) < 4.78 is 0. The molecule has 2 aromatic carbocycles. The highest BCUT2D eigenvalue weighted by Gasteiger charge is 2.42. The molecular weight excluding hydrogens is 262 g/mol. The van der Waals surface area contributed by atoms with Crippen LogP contribution in [-0.2, 0) is 0 Å². The summed E-state index contributed by atoms with van der Waals surface area (Å²) in [7, 11) is 0. The number of hydrogen-bond acceptors (Lipinski definition) is 2. The minimum Gasteiger partial charge on any atom is -0.389 e. The van der Waals surface area contributed by atoms with Gasteiger partial charge in [0.25, 0.3) is 5.91 Å². The number of nitrogens with one attached hydrogen (secondary N) is 1. The zero-order chi connectivity index (χ0) is 14.9. The van der Waals surface area contributed by atoms with Crippen LogP contribution in [0.15, 0.2) is 55.1 Å². The monoisotopic (exact) mass is 281 g/mol. The molecule has 0 spiro atoms. The minimum absolute atomic E-state index is 0.0499. The van der Waals surface area contributed by atoms with Crippen LogP contribution in [0.4, 0.5) is 0 Å². The van der Waals surface area contributed by atoms with Crippen LogP contribution in [0.1, 0.15) is 29.6 Å². The number of rotatable bonds is 4. The molecule has 2 N–H and O–H groups in total. The standard InChI is InChI=1S/C18H19NO2/c1-2-9-18(21)11-16(12-18)19-17(20)15-8-7-13-5-3-4-6-14(13)10-15/h2-8,10,16,21H,1,9,11-12H2,(H,19,20). The van der Waals surface area contributed by atoms with Crippen LogP contribution >= 0.6 is 0 Å². The molecule has 1 aliphatic carbocycles. The summed E-state index contributed by atoms with van der Waals surface area (Å²) in [5.74, 6) is -0.0774. The lowest BCUT2D eigenvalue weighted by molar-refractivity contribution is -0.0505. The van der Waals surface area contributed by atoms with E-state index in [1.807, 2.05) is 42.5 Å². The van der Waals surface area contributed by atoms with Gasteiger partial charge in [-0.2, -0.15) is 0 Å². The predicted molar refractivity (Wildman–Crippen MR) is 84.2 cm³/mol. The molecule has 0 saturated heterocycles. The lowest BCUT2D eigenvalue weighted by Crippen LogP contribution is -2.54. The van der Waals surface area contributed by atoms with Crippen LogP contribution in [0.3, 0.4) is 0 Å². The Balaban J connectivity index is 1.66. The van der Waals surface area contributed by atoms with Crippen molar-refractivity contribution >= 4 is 16.7 Å². The molecule has 21 heavy (non-hydrogen) atoms. The fourth-order valence-corrected chi connectivity index (χ4v) is 2.99. The largest absolute Gasteiger partial charge is 0.389 e. The lowest BCUT2D eigenvalue weighted by Gasteiger charge is -2.43. The fraction of sp³-hybridized carbons (Fsp3) is 0.278. The third-order valence-electron chi connectivity index (χ3n) is 4.12. The van der Waals surface area contributed by atoms with Gasteiger partial charge < -0.3 is 10.4 Å². The molecular formula is C18H19NO2. The summed E-state index contributed by atoms with van der Waals surface area (Å²) in [6.07, 6.45) is 3.49. The van der Waals surface area contributed by atoms with E-state index in [1.54, 1.807) is 6.08 Å². The van der Waals surface area contributed by atoms with Gasteiger partial charge in [-0.25, -0.2) is 0 Å². The molecule has 0 radical (unpaired) electrons. The van der Waals surface area contributed by atoms with E-state index >= 15 is 0 Å². The van der Waals surface area contributed by atoms with Crippen LogP contribution in [0.5, 0.6) is 0 Å². The molecule has 0 atom stereocenters. The lowest BCUT2D eigenvalue weighted by atomic mass is 9.73. The van der Waals surface area contributed by atoms with Crippen LogP contribution in [0.2, 0.25) is 0 Å². The number of carbonyl (C=O) groups is 1. The van der Waals surface area contributed by atoms with Gasteiger partial charge in [0, 0.05) is 11.6 Å². The maximum Gasteiger partial charge on any atom is 0.251 e. The van der Waals surface area contributed by atoms with Gasteiger partial charge in [-0.1, -0.05) is 36.4 Å². The molecule has 3 nitrogen and oxygen atoms in total. The van der Waals surface area contributed by atoms with E-state index in [2.05, 4.69) is 11.9 Å². The zero-order valence-electron chi connectivity index (χ0n) is 11.9. The van der Waals surface area contributed by atoms with E-state index in [-0.39, 0.29) is 11.9 Å². The van der Waals surface area contributed by atoms with Crippen molar-refractivity contribution in [3.05, 3.63) is 60.7 Å². The normalized spacial score (nSPS) is 24.3. The van der Waals surface area contributed by atoms with Crippen molar-refractivity contribution in [2.24, 2.45) is 0 Å². The number of amides is 1. The average Bonchev–Trinajstić information content (AvgIpc) is 2.45. The third-order valence-corrected chi connectivity index (χ3v) is 4.12. The molecule has 3 rings (SSSR count). The van der Waals surface area contributed by atoms with Crippen molar-refractivity contribution in [3.8, 4) is 0 Å². The van der Waals surface area contributed by atoms with Crippen molar-refractivity contribution in [2.45, 2.75) is 30.9 Å². The SMILES string of the molecule is C=CCC1(O)CC(NC(=O)c2ccc3ccccc3c2)C1. The highest BCUT2D eigenvalue weighted by molar-refractivity contribution is 5.98. The first kappa shape index (κ1) is 13.8. The van der Waals surface area contributed by atoms with E-state index < -0.39 is 5.60 Å². The second-order valence-corrected chi connectivity index (χ2v) is 5.86. The Kier molecular flexibility index (Phi) is 3.52. The van der Waals surface area contributed by atoms with E-state index in [1.165, 1.54) is 0 Å². The Hall–Kier alpha value is -2.13. The first-order valence-corrected chi connectivity index (χ1v) is 7.23. The molecule has 2 aromatic rings. The average molecular weight is 281 g/mol. The highest BCUT2D eigenvalue weighted by Crippen LogP contribution is 2.35. The van der Waals surface area contributed by atoms with Gasteiger partial charge in [0.05, 0.1) is 5.60 Å². The molecule has 0 aromatic heterocycles. The molecule has 3 heteroatoms. The Labute approximate surface area is 124 Å². The molecule has 1 amide bonds. The molecule has 0 heterocycles. The van der Waals surface area contributed by atoms with Crippen LogP contribution in [-0.4, -0.2) is 22.7 Å². The van der Waals surface area contributed by atoms with Crippen molar-refractivity contribution in [2.75, 3.05) is 0 Å². The summed E-state index contributed by atoms with van der Waals surface area (Å²) in [4.78, 5) is 12.2. The van der Waals surface area contributed by atoms with Crippen LogP contribution in [0.25, 0.3) is 10.8 Å². The van der Waals surface area contributed by atoms with E-state index in [4.69, 9.17) is 0 Å². The number of carbonyl (C=O) groups excluding carboxylic acids is 1. The first-order valence-electron chi connectivity index (χ1n) is 7.23. The van der Waals surface area contributed by atoms with Crippen molar-refractivity contribution < 1.29 is 9.90 Å². The summed E-state index contributed by atoms with van der Waals surface area (Å²) in [5.41, 5.74) is -0.0174. The topological polar surface area (TPSA) is 49.3 Å². The Morgan fingerprint density at radius 3 is 2.71 bits per heavy atom. The zero-order valence-corrected chi connectivity index (χ0v) is 11.9. The highest BCUT2D eigenvalue weighted by atomic mass is 16.3. The van der Waals surface area contributed by atoms with E-state index in [0.29, 0.717) is 24.8 Å². The number of hydrogen-bond donors (Lipinski definition) is 2. The predicted octanol–water partition coefficient (Wildman–Crippen LogP) is 3.04. The summed E-state index contributed by atoms with van der Waals surface area (Å²) in [6, 6.07) is 13.7. The van der Waals surface area contributed by atoms with Gasteiger partial charge >= 0.3 is 0 Å². The molecule has 1 fully saturated rings. The second kappa shape index (κ2) is 5.34. The second-order valence-electron chi connectivity index (χ2n) is 5.86. The number of benzene rings is 2. The van der Waals surface area contributed by atoms with Gasteiger partial charge in [0.1, 0.15) is 0 Å².